The highest BCUT2D eigenvalue weighted by molar-refractivity contribution is 9.10. The van der Waals surface area contributed by atoms with Crippen molar-refractivity contribution in [3.63, 3.8) is 0 Å². The van der Waals surface area contributed by atoms with Crippen LogP contribution in [0.3, 0.4) is 0 Å². The summed E-state index contributed by atoms with van der Waals surface area (Å²) in [5.74, 6) is -4.07. The molecule has 0 saturated carbocycles. The van der Waals surface area contributed by atoms with E-state index in [0.29, 0.717) is 10.2 Å². The summed E-state index contributed by atoms with van der Waals surface area (Å²) in [5, 5.41) is 0. The Balaban J connectivity index is 1.75. The maximum Gasteiger partial charge on any atom is 0.305 e. The Morgan fingerprint density at radius 3 is 2.46 bits per heavy atom. The Hall–Kier alpha value is -2.52. The van der Waals surface area contributed by atoms with Gasteiger partial charge in [0, 0.05) is 18.3 Å². The minimum atomic E-state index is -1.54. The number of amides is 2. The molecular weight excluding hydrogens is 434 g/mol. The fourth-order valence-corrected chi connectivity index (χ4v) is 4.47. The van der Waals surface area contributed by atoms with E-state index in [1.54, 1.807) is 36.4 Å². The summed E-state index contributed by atoms with van der Waals surface area (Å²) < 4.78 is 17.0. The third kappa shape index (κ3) is 2.68. The van der Waals surface area contributed by atoms with Gasteiger partial charge in [-0.2, -0.15) is 0 Å². The lowest BCUT2D eigenvalue weighted by atomic mass is 9.76. The van der Waals surface area contributed by atoms with Gasteiger partial charge < -0.3 is 14.2 Å². The normalized spacial score (nSPS) is 30.1. The largest absolute Gasteiger partial charge is 0.422 e. The predicted octanol–water partition coefficient (Wildman–Crippen LogP) is 1.71. The summed E-state index contributed by atoms with van der Waals surface area (Å²) in [6.07, 6.45) is 1.03. The van der Waals surface area contributed by atoms with E-state index >= 15 is 0 Å². The topological polar surface area (TPSA) is 99.2 Å². The number of carbonyl (C=O) groups is 4. The van der Waals surface area contributed by atoms with Gasteiger partial charge in [0.25, 0.3) is 6.29 Å². The first kappa shape index (κ1) is 18.8. The molecule has 9 heteroatoms. The SMILES string of the molecule is CC(=O)OC(OC(C)=O)[C@@]12C=C[C@H](O1)[C@H]1C(=O)N(c3cccc(Br)c3)C(=O)[C@@H]12. The zero-order valence-electron chi connectivity index (χ0n) is 15.0. The van der Waals surface area contributed by atoms with Crippen molar-refractivity contribution in [3.8, 4) is 0 Å². The van der Waals surface area contributed by atoms with Crippen molar-refractivity contribution in [2.45, 2.75) is 31.8 Å². The Kier molecular flexibility index (Phi) is 4.39. The first-order valence-corrected chi connectivity index (χ1v) is 9.39. The van der Waals surface area contributed by atoms with Crippen LogP contribution in [-0.2, 0) is 33.4 Å². The highest BCUT2D eigenvalue weighted by Crippen LogP contribution is 2.54. The second-order valence-corrected chi connectivity index (χ2v) is 7.76. The minimum absolute atomic E-state index is 0.409. The molecule has 28 heavy (non-hydrogen) atoms. The first-order valence-electron chi connectivity index (χ1n) is 8.59. The van der Waals surface area contributed by atoms with E-state index in [0.717, 1.165) is 18.7 Å². The van der Waals surface area contributed by atoms with Crippen LogP contribution in [0.15, 0.2) is 40.9 Å². The number of fused-ring (bicyclic) bond motifs is 5. The smallest absolute Gasteiger partial charge is 0.305 e. The number of ether oxygens (including phenoxy) is 3. The number of hydrogen-bond acceptors (Lipinski definition) is 7. The summed E-state index contributed by atoms with van der Waals surface area (Å²) in [5.41, 5.74) is -1.12. The van der Waals surface area contributed by atoms with E-state index in [9.17, 15) is 19.2 Å². The van der Waals surface area contributed by atoms with E-state index in [1.165, 1.54) is 0 Å². The van der Waals surface area contributed by atoms with Crippen molar-refractivity contribution in [2.24, 2.45) is 11.8 Å². The average Bonchev–Trinajstić information content (AvgIpc) is 3.25. The monoisotopic (exact) mass is 449 g/mol. The molecule has 8 nitrogen and oxygen atoms in total. The number of imide groups is 1. The van der Waals surface area contributed by atoms with Crippen molar-refractivity contribution >= 4 is 45.4 Å². The molecular formula is C19H16BrNO7. The van der Waals surface area contributed by atoms with Crippen LogP contribution in [0.1, 0.15) is 13.8 Å². The summed E-state index contributed by atoms with van der Waals surface area (Å²) >= 11 is 3.33. The number of anilines is 1. The van der Waals surface area contributed by atoms with Gasteiger partial charge in [-0.3, -0.25) is 19.2 Å². The summed E-state index contributed by atoms with van der Waals surface area (Å²) in [6.45, 7) is 2.32. The summed E-state index contributed by atoms with van der Waals surface area (Å²) in [6, 6.07) is 6.81. The number of nitrogens with zero attached hydrogens (tertiary/aromatic N) is 1. The third-order valence-corrected chi connectivity index (χ3v) is 5.55. The molecule has 2 fully saturated rings. The summed E-state index contributed by atoms with van der Waals surface area (Å²) in [4.78, 5) is 50.6. The molecule has 1 aromatic carbocycles. The van der Waals surface area contributed by atoms with E-state index < -0.39 is 53.6 Å². The van der Waals surface area contributed by atoms with Crippen LogP contribution in [0.25, 0.3) is 0 Å². The molecule has 0 N–H and O–H groups in total. The van der Waals surface area contributed by atoms with Gasteiger partial charge in [-0.15, -0.1) is 0 Å². The van der Waals surface area contributed by atoms with Gasteiger partial charge in [0.15, 0.2) is 5.60 Å². The van der Waals surface area contributed by atoms with Crippen molar-refractivity contribution in [1.82, 2.24) is 0 Å². The molecule has 0 aliphatic carbocycles. The van der Waals surface area contributed by atoms with E-state index in [1.807, 2.05) is 0 Å². The Morgan fingerprint density at radius 1 is 1.18 bits per heavy atom. The van der Waals surface area contributed by atoms with Crippen LogP contribution in [0.5, 0.6) is 0 Å². The highest BCUT2D eigenvalue weighted by Gasteiger charge is 2.72. The number of carbonyl (C=O) groups excluding carboxylic acids is 4. The molecule has 3 aliphatic heterocycles. The van der Waals surface area contributed by atoms with Gasteiger partial charge in [-0.05, 0) is 24.3 Å². The molecule has 3 heterocycles. The van der Waals surface area contributed by atoms with Crippen LogP contribution >= 0.6 is 15.9 Å². The van der Waals surface area contributed by atoms with Gasteiger partial charge in [0.2, 0.25) is 11.8 Å². The number of rotatable bonds is 4. The number of halogens is 1. The maximum atomic E-state index is 13.3. The Morgan fingerprint density at radius 2 is 1.86 bits per heavy atom. The molecule has 2 saturated heterocycles. The fourth-order valence-electron chi connectivity index (χ4n) is 4.09. The molecule has 146 valence electrons. The van der Waals surface area contributed by atoms with E-state index in [4.69, 9.17) is 14.2 Å². The van der Waals surface area contributed by atoms with Gasteiger partial charge in [0.05, 0.1) is 23.6 Å². The lowest BCUT2D eigenvalue weighted by Gasteiger charge is -2.34. The zero-order valence-corrected chi connectivity index (χ0v) is 16.5. The first-order chi connectivity index (χ1) is 13.2. The minimum Gasteiger partial charge on any atom is -0.422 e. The standard InChI is InChI=1S/C19H16BrNO7/c1-9(22)26-18(27-10(2)23)19-7-6-13(28-19)14-15(19)17(25)21(16(14)24)12-5-3-4-11(20)8-12/h3-8,13-15,18H,1-2H3/t13-,14+,15+,19-/m0/s1. The van der Waals surface area contributed by atoms with Crippen molar-refractivity contribution in [1.29, 1.82) is 0 Å². The number of esters is 2. The van der Waals surface area contributed by atoms with Crippen LogP contribution in [-0.4, -0.2) is 41.7 Å². The van der Waals surface area contributed by atoms with Crippen molar-refractivity contribution in [3.05, 3.63) is 40.9 Å². The Labute approximate surface area is 168 Å². The molecule has 3 aliphatic rings. The molecule has 4 atom stereocenters. The van der Waals surface area contributed by atoms with Gasteiger partial charge in [0.1, 0.15) is 0 Å². The molecule has 0 unspecified atom stereocenters. The average molecular weight is 450 g/mol. The molecule has 2 amide bonds. The van der Waals surface area contributed by atoms with Crippen LogP contribution in [0.4, 0.5) is 5.69 Å². The van der Waals surface area contributed by atoms with E-state index in [2.05, 4.69) is 15.9 Å². The molecule has 0 radical (unpaired) electrons. The molecule has 4 rings (SSSR count). The van der Waals surface area contributed by atoms with Crippen molar-refractivity contribution < 1.29 is 33.4 Å². The lowest BCUT2D eigenvalue weighted by Crippen LogP contribution is -2.52. The molecule has 1 aromatic rings. The summed E-state index contributed by atoms with van der Waals surface area (Å²) in [7, 11) is 0. The second-order valence-electron chi connectivity index (χ2n) is 6.84. The Bertz CT molecular complexity index is 913. The lowest BCUT2D eigenvalue weighted by molar-refractivity contribution is -0.226. The third-order valence-electron chi connectivity index (χ3n) is 5.06. The van der Waals surface area contributed by atoms with Gasteiger partial charge in [-0.1, -0.05) is 28.1 Å². The highest BCUT2D eigenvalue weighted by atomic mass is 79.9. The van der Waals surface area contributed by atoms with Crippen molar-refractivity contribution in [2.75, 3.05) is 4.90 Å². The fraction of sp³-hybridized carbons (Fsp3) is 0.368. The second kappa shape index (κ2) is 6.52. The predicted molar refractivity (Wildman–Crippen MR) is 97.7 cm³/mol. The zero-order chi connectivity index (χ0) is 20.2. The molecule has 0 aromatic heterocycles. The van der Waals surface area contributed by atoms with Crippen LogP contribution < -0.4 is 4.90 Å². The van der Waals surface area contributed by atoms with Gasteiger partial charge >= 0.3 is 11.9 Å². The molecule has 0 spiro atoms. The number of hydrogen-bond donors (Lipinski definition) is 0. The van der Waals surface area contributed by atoms with Crippen LogP contribution in [0, 0.1) is 11.8 Å². The number of benzene rings is 1. The van der Waals surface area contributed by atoms with Crippen LogP contribution in [0.2, 0.25) is 0 Å². The van der Waals surface area contributed by atoms with Gasteiger partial charge in [-0.25, -0.2) is 4.90 Å². The maximum absolute atomic E-state index is 13.3. The molecule has 2 bridgehead atoms. The quantitative estimate of drug-likeness (QED) is 0.298. The van der Waals surface area contributed by atoms with E-state index in [-0.39, 0.29) is 0 Å².